The molecule has 1 rings (SSSR count). The fourth-order valence-corrected chi connectivity index (χ4v) is 4.21. The minimum absolute atomic E-state index is 0.910. The van der Waals surface area contributed by atoms with Crippen molar-refractivity contribution in [3.05, 3.63) is 0 Å². The first kappa shape index (κ1) is 30.3. The second-order valence-electron chi connectivity index (χ2n) is 5.35. The standard InChI is InChI=1S/C7H22N4O18S4/c1-20-7-6(25-33(18,19)29-11)5(24-32(16,17)28-10)4(23-31(14,15)27-9)3(22-7)2-21-30(12,13)26-8/h3-7H,2H2,1,8-11H3/q+4/t3-,4-,5+,6-,7+/m1/s1. The van der Waals surface area contributed by atoms with Gasteiger partial charge in [0, 0.05) is 7.11 Å². The molecule has 198 valence electrons. The fraction of sp³-hybridized carbons (Fsp3) is 1.00. The van der Waals surface area contributed by atoms with Gasteiger partial charge in [-0.05, 0) is 0 Å². The van der Waals surface area contributed by atoms with E-state index in [4.69, 9.17) is 9.47 Å². The minimum atomic E-state index is -5.09. The summed E-state index contributed by atoms with van der Waals surface area (Å²) in [6.45, 7) is -1.15. The van der Waals surface area contributed by atoms with Crippen molar-refractivity contribution >= 4 is 41.6 Å². The third-order valence-electron chi connectivity index (χ3n) is 3.46. The van der Waals surface area contributed by atoms with Crippen LogP contribution in [0.25, 0.3) is 0 Å². The number of hydrogen-bond acceptors (Lipinski definition) is 18. The maximum Gasteiger partial charge on any atom is 0.444 e. The maximum atomic E-state index is 11.9. The zero-order valence-electron chi connectivity index (χ0n) is 16.4. The molecule has 0 aromatic heterocycles. The molecule has 0 unspecified atom stereocenters. The van der Waals surface area contributed by atoms with Gasteiger partial charge in [0.2, 0.25) is 0 Å². The summed E-state index contributed by atoms with van der Waals surface area (Å²) in [5.41, 5.74) is 0. The summed E-state index contributed by atoms with van der Waals surface area (Å²) in [5, 5.41) is 0. The third kappa shape index (κ3) is 9.08. The van der Waals surface area contributed by atoms with Gasteiger partial charge in [-0.15, -0.1) is 0 Å². The first-order chi connectivity index (χ1) is 15.1. The van der Waals surface area contributed by atoms with Crippen molar-refractivity contribution in [1.82, 2.24) is 0 Å². The Morgan fingerprint density at radius 2 is 1.03 bits per heavy atom. The molecule has 26 heteroatoms. The van der Waals surface area contributed by atoms with E-state index in [1.807, 2.05) is 0 Å². The van der Waals surface area contributed by atoms with Crippen LogP contribution >= 0.6 is 0 Å². The van der Waals surface area contributed by atoms with Crippen molar-refractivity contribution in [2.24, 2.45) is 0 Å². The van der Waals surface area contributed by atoms with Crippen LogP contribution in [0.1, 0.15) is 0 Å². The predicted molar refractivity (Wildman–Crippen MR) is 87.8 cm³/mol. The highest BCUT2D eigenvalue weighted by molar-refractivity contribution is 7.82. The Balaban J connectivity index is 3.59. The monoisotopic (exact) mass is 578 g/mol. The Kier molecular flexibility index (Phi) is 10.8. The Morgan fingerprint density at radius 3 is 1.42 bits per heavy atom. The van der Waals surface area contributed by atoms with Crippen molar-refractivity contribution in [3.8, 4) is 0 Å². The van der Waals surface area contributed by atoms with Crippen LogP contribution in [0, 0.1) is 0 Å². The number of quaternary nitrogens is 4. The molecule has 0 aliphatic carbocycles. The van der Waals surface area contributed by atoms with Crippen LogP contribution in [0.3, 0.4) is 0 Å². The molecule has 1 aliphatic heterocycles. The van der Waals surface area contributed by atoms with Gasteiger partial charge >= 0.3 is 41.6 Å². The van der Waals surface area contributed by atoms with Crippen molar-refractivity contribution in [1.29, 1.82) is 0 Å². The van der Waals surface area contributed by atoms with Gasteiger partial charge in [0.15, 0.2) is 12.4 Å². The van der Waals surface area contributed by atoms with Crippen LogP contribution in [-0.2, 0) is 84.9 Å². The maximum absolute atomic E-state index is 11.9. The molecule has 33 heavy (non-hydrogen) atoms. The Morgan fingerprint density at radius 1 is 0.636 bits per heavy atom. The molecule has 1 fully saturated rings. The van der Waals surface area contributed by atoms with Crippen LogP contribution < -0.4 is 23.6 Å². The smallest absolute Gasteiger partial charge is 0.353 e. The molecule has 5 atom stereocenters. The van der Waals surface area contributed by atoms with E-state index < -0.39 is 78.9 Å². The van der Waals surface area contributed by atoms with Gasteiger partial charge in [-0.25, -0.2) is 16.7 Å². The molecule has 0 spiro atoms. The summed E-state index contributed by atoms with van der Waals surface area (Å²) in [6, 6.07) is 0. The molecule has 1 aliphatic rings. The summed E-state index contributed by atoms with van der Waals surface area (Å²) in [6.07, 6.45) is -10.7. The van der Waals surface area contributed by atoms with Crippen molar-refractivity contribution in [3.63, 3.8) is 0 Å². The number of hydrogen-bond donors (Lipinski definition) is 4. The molecule has 0 aromatic carbocycles. The molecule has 1 saturated heterocycles. The van der Waals surface area contributed by atoms with Gasteiger partial charge in [-0.3, -0.25) is 0 Å². The molecule has 0 bridgehead atoms. The van der Waals surface area contributed by atoms with Gasteiger partial charge in [0.05, 0.1) is 6.61 Å². The van der Waals surface area contributed by atoms with E-state index in [1.54, 1.807) is 0 Å². The molecule has 12 N–H and O–H groups in total. The lowest BCUT2D eigenvalue weighted by molar-refractivity contribution is -0.638. The number of methoxy groups -OCH3 is 1. The largest absolute Gasteiger partial charge is 0.444 e. The van der Waals surface area contributed by atoms with Gasteiger partial charge in [0.1, 0.15) is 18.3 Å². The van der Waals surface area contributed by atoms with E-state index in [0.29, 0.717) is 0 Å². The Bertz CT molecular complexity index is 1060. The van der Waals surface area contributed by atoms with Crippen LogP contribution in [0.15, 0.2) is 0 Å². The number of ether oxygens (including phenoxy) is 2. The predicted octanol–water partition coefficient (Wildman–Crippen LogP) is -8.80. The average molecular weight is 579 g/mol. The Labute approximate surface area is 186 Å². The zero-order valence-corrected chi connectivity index (χ0v) is 19.7. The molecular weight excluding hydrogens is 556 g/mol. The van der Waals surface area contributed by atoms with Crippen molar-refractivity contribution < 1.29 is 101 Å². The first-order valence-corrected chi connectivity index (χ1v) is 13.0. The van der Waals surface area contributed by atoms with Crippen LogP contribution in [0.4, 0.5) is 0 Å². The first-order valence-electron chi connectivity index (χ1n) is 7.67. The van der Waals surface area contributed by atoms with Gasteiger partial charge in [-0.2, -0.15) is 57.3 Å². The number of rotatable bonds is 14. The molecule has 0 radical (unpaired) electrons. The van der Waals surface area contributed by atoms with Gasteiger partial charge in [0.25, 0.3) is 0 Å². The van der Waals surface area contributed by atoms with E-state index in [0.717, 1.165) is 7.11 Å². The average Bonchev–Trinajstić information content (AvgIpc) is 2.75. The zero-order chi connectivity index (χ0) is 25.7. The third-order valence-corrected chi connectivity index (χ3v) is 6.42. The lowest BCUT2D eigenvalue weighted by Crippen LogP contribution is -2.65. The highest BCUT2D eigenvalue weighted by atomic mass is 32.3. The van der Waals surface area contributed by atoms with Gasteiger partial charge in [-0.1, -0.05) is 17.1 Å². The van der Waals surface area contributed by atoms with Crippen LogP contribution in [0.2, 0.25) is 0 Å². The lowest BCUT2D eigenvalue weighted by atomic mass is 9.99. The van der Waals surface area contributed by atoms with Crippen LogP contribution in [-0.4, -0.2) is 78.1 Å². The fourth-order valence-electron chi connectivity index (χ4n) is 2.21. The minimum Gasteiger partial charge on any atom is -0.353 e. The molecule has 0 aromatic rings. The highest BCUT2D eigenvalue weighted by Gasteiger charge is 2.55. The van der Waals surface area contributed by atoms with Crippen molar-refractivity contribution in [2.75, 3.05) is 13.7 Å². The molecule has 1 heterocycles. The molecule has 0 amide bonds. The van der Waals surface area contributed by atoms with E-state index in [1.165, 1.54) is 0 Å². The Hall–Kier alpha value is -0.760. The summed E-state index contributed by atoms with van der Waals surface area (Å²) in [5.74, 6) is 10.4. The molecule has 0 saturated carbocycles. The second-order valence-corrected chi connectivity index (χ2v) is 10.4. The van der Waals surface area contributed by atoms with Crippen LogP contribution in [0.5, 0.6) is 0 Å². The summed E-state index contributed by atoms with van der Waals surface area (Å²) >= 11 is 0. The van der Waals surface area contributed by atoms with E-state index >= 15 is 0 Å². The van der Waals surface area contributed by atoms with E-state index in [2.05, 4.69) is 57.5 Å². The summed E-state index contributed by atoms with van der Waals surface area (Å²) in [4.78, 5) is 0. The van der Waals surface area contributed by atoms with Gasteiger partial charge < -0.3 is 9.47 Å². The lowest BCUT2D eigenvalue weighted by Gasteiger charge is -2.42. The summed E-state index contributed by atoms with van der Waals surface area (Å²) in [7, 11) is -19.0. The SMILES string of the molecule is CO[C@H]1O[C@H](COS(=O)(=O)O[NH3+])[C@@H](OS(=O)(=O)O[NH3+])[C@H](OS(=O)(=O)O[NH3+])[C@H]1OS(=O)(=O)O[NH3+]. The molecular formula is C7H22N4O18S4+4. The normalized spacial score (nSPS) is 27.5. The van der Waals surface area contributed by atoms with E-state index in [9.17, 15) is 33.7 Å². The molecule has 22 nitrogen and oxygen atoms in total. The summed E-state index contributed by atoms with van der Waals surface area (Å²) < 4.78 is 137. The quantitative estimate of drug-likeness (QED) is 0.139. The van der Waals surface area contributed by atoms with E-state index in [-0.39, 0.29) is 0 Å². The topological polar surface area (TPSA) is 339 Å². The van der Waals surface area contributed by atoms with Crippen molar-refractivity contribution in [2.45, 2.75) is 30.7 Å². The highest BCUT2D eigenvalue weighted by Crippen LogP contribution is 2.32. The second kappa shape index (κ2) is 11.8.